The molecule has 1 atom stereocenters. The number of hydrogen-bond donors (Lipinski definition) is 1. The first-order valence-corrected chi connectivity index (χ1v) is 11.4. The van der Waals surface area contributed by atoms with E-state index in [1.54, 1.807) is 39.0 Å². The van der Waals surface area contributed by atoms with Crippen LogP contribution in [0.2, 0.25) is 0 Å². The molecule has 0 bridgehead atoms. The number of aromatic nitrogens is 2. The number of carbonyl (C=O) groups is 1. The van der Waals surface area contributed by atoms with Crippen LogP contribution in [0.5, 0.6) is 5.75 Å². The van der Waals surface area contributed by atoms with E-state index >= 15 is 0 Å². The smallest absolute Gasteiger partial charge is 0.324 e. The van der Waals surface area contributed by atoms with E-state index in [0.717, 1.165) is 5.69 Å². The molecule has 1 aromatic carbocycles. The zero-order valence-electron chi connectivity index (χ0n) is 18.2. The average Bonchev–Trinajstić information content (AvgIpc) is 2.75. The van der Waals surface area contributed by atoms with E-state index in [9.17, 15) is 18.0 Å². The molecule has 32 heavy (non-hydrogen) atoms. The van der Waals surface area contributed by atoms with Crippen LogP contribution < -0.4 is 15.0 Å². The zero-order chi connectivity index (χ0) is 23.5. The molecule has 10 heteroatoms. The van der Waals surface area contributed by atoms with Gasteiger partial charge in [-0.3, -0.25) is 14.0 Å². The summed E-state index contributed by atoms with van der Waals surface area (Å²) < 4.78 is 39.7. The molecule has 0 aliphatic carbocycles. The summed E-state index contributed by atoms with van der Waals surface area (Å²) >= 11 is 0. The van der Waals surface area contributed by atoms with E-state index < -0.39 is 22.0 Å². The van der Waals surface area contributed by atoms with Crippen LogP contribution in [-0.4, -0.2) is 36.9 Å². The highest BCUT2D eigenvalue weighted by Crippen LogP contribution is 2.17. The average molecular weight is 460 g/mol. The highest BCUT2D eigenvalue weighted by Gasteiger charge is 2.30. The molecule has 9 nitrogen and oxygen atoms in total. The van der Waals surface area contributed by atoms with Gasteiger partial charge >= 0.3 is 5.97 Å². The molecular formula is C22H25N3O6S. The van der Waals surface area contributed by atoms with Crippen molar-refractivity contribution < 1.29 is 22.7 Å². The number of pyridine rings is 1. The Morgan fingerprint density at radius 2 is 1.84 bits per heavy atom. The molecule has 0 saturated carbocycles. The van der Waals surface area contributed by atoms with Gasteiger partial charge < -0.3 is 9.47 Å². The molecular weight excluding hydrogens is 434 g/mol. The molecule has 0 spiro atoms. The highest BCUT2D eigenvalue weighted by atomic mass is 32.2. The maximum atomic E-state index is 12.7. The van der Waals surface area contributed by atoms with Crippen molar-refractivity contribution in [2.75, 3.05) is 7.11 Å². The van der Waals surface area contributed by atoms with Crippen LogP contribution in [0.3, 0.4) is 0 Å². The summed E-state index contributed by atoms with van der Waals surface area (Å²) in [5.41, 5.74) is 1.15. The Morgan fingerprint density at radius 3 is 2.47 bits per heavy atom. The summed E-state index contributed by atoms with van der Waals surface area (Å²) in [6.07, 6.45) is 0. The van der Waals surface area contributed by atoms with Gasteiger partial charge in [-0.2, -0.15) is 4.72 Å². The number of esters is 1. The number of hydrogen-bond acceptors (Lipinski definition) is 7. The summed E-state index contributed by atoms with van der Waals surface area (Å²) in [5, 5.41) is 0. The number of ether oxygens (including phenoxy) is 2. The number of benzene rings is 1. The highest BCUT2D eigenvalue weighted by molar-refractivity contribution is 7.89. The van der Waals surface area contributed by atoms with Gasteiger partial charge in [-0.15, -0.1) is 0 Å². The van der Waals surface area contributed by atoms with Crippen LogP contribution in [0, 0.1) is 12.8 Å². The van der Waals surface area contributed by atoms with E-state index in [-0.39, 0.29) is 28.7 Å². The minimum absolute atomic E-state index is 0.00339. The molecule has 0 unspecified atom stereocenters. The Balaban J connectivity index is 1.75. The van der Waals surface area contributed by atoms with E-state index in [0.29, 0.717) is 11.4 Å². The normalized spacial score (nSPS) is 12.7. The first-order chi connectivity index (χ1) is 15.1. The fourth-order valence-electron chi connectivity index (χ4n) is 3.12. The standard InChI is InChI=1S/C22H25N3O6S/c1-14(2)21(24-32(28,29)18-10-8-17(30-4)9-11-18)22(27)31-13-16-12-20(26)25-15(3)6-5-7-19(25)23-16/h5-12,14,21,24H,13H2,1-4H3/t21-/m0/s1. The number of carbonyl (C=O) groups excluding carboxylic acids is 1. The van der Waals surface area contributed by atoms with Crippen LogP contribution in [0.4, 0.5) is 0 Å². The van der Waals surface area contributed by atoms with Gasteiger partial charge in [0, 0.05) is 11.8 Å². The molecule has 0 aliphatic rings. The Hall–Kier alpha value is -3.24. The Labute approximate surface area is 186 Å². The second kappa shape index (κ2) is 9.49. The molecule has 3 rings (SSSR count). The number of methoxy groups -OCH3 is 1. The number of nitrogens with zero attached hydrogens (tertiary/aromatic N) is 2. The van der Waals surface area contributed by atoms with Crippen molar-refractivity contribution in [2.45, 2.75) is 38.3 Å². The minimum atomic E-state index is -3.97. The SMILES string of the molecule is COc1ccc(S(=O)(=O)N[C@H](C(=O)OCc2cc(=O)n3c(C)cccc3n2)C(C)C)cc1. The molecule has 3 aromatic rings. The van der Waals surface area contributed by atoms with E-state index in [2.05, 4.69) is 9.71 Å². The van der Waals surface area contributed by atoms with Gasteiger partial charge in [-0.25, -0.2) is 13.4 Å². The fraction of sp³-hybridized carbons (Fsp3) is 0.318. The minimum Gasteiger partial charge on any atom is -0.497 e. The summed E-state index contributed by atoms with van der Waals surface area (Å²) in [6.45, 7) is 4.93. The molecule has 0 radical (unpaired) electrons. The monoisotopic (exact) mass is 459 g/mol. The maximum absolute atomic E-state index is 12.7. The van der Waals surface area contributed by atoms with Crippen molar-refractivity contribution >= 4 is 21.6 Å². The van der Waals surface area contributed by atoms with Crippen LogP contribution in [0.15, 0.2) is 58.2 Å². The van der Waals surface area contributed by atoms with Crippen molar-refractivity contribution in [3.63, 3.8) is 0 Å². The van der Waals surface area contributed by atoms with Gasteiger partial charge in [0.2, 0.25) is 10.0 Å². The Bertz CT molecular complexity index is 1280. The van der Waals surface area contributed by atoms with Gasteiger partial charge in [0.05, 0.1) is 17.7 Å². The van der Waals surface area contributed by atoms with Gasteiger partial charge in [0.15, 0.2) is 0 Å². The fourth-order valence-corrected chi connectivity index (χ4v) is 4.45. The van der Waals surface area contributed by atoms with Crippen LogP contribution in [-0.2, 0) is 26.2 Å². The molecule has 2 heterocycles. The summed E-state index contributed by atoms with van der Waals surface area (Å²) in [5.74, 6) is -0.630. The van der Waals surface area contributed by atoms with Crippen molar-refractivity contribution in [1.29, 1.82) is 0 Å². The Morgan fingerprint density at radius 1 is 1.16 bits per heavy atom. The largest absolute Gasteiger partial charge is 0.497 e. The molecule has 1 N–H and O–H groups in total. The molecule has 0 fully saturated rings. The number of nitrogens with one attached hydrogen (secondary N) is 1. The zero-order valence-corrected chi connectivity index (χ0v) is 19.0. The third-order valence-electron chi connectivity index (χ3n) is 4.87. The Kier molecular flexibility index (Phi) is 6.95. The van der Waals surface area contributed by atoms with Crippen LogP contribution in [0.25, 0.3) is 5.65 Å². The predicted octanol–water partition coefficient (Wildman–Crippen LogP) is 2.06. The number of fused-ring (bicyclic) bond motifs is 1. The van der Waals surface area contributed by atoms with E-state index in [4.69, 9.17) is 9.47 Å². The number of rotatable bonds is 8. The molecule has 0 saturated heterocycles. The first kappa shape index (κ1) is 23.4. The van der Waals surface area contributed by atoms with Gasteiger partial charge in [-0.1, -0.05) is 19.9 Å². The third kappa shape index (κ3) is 5.14. The number of sulfonamides is 1. The van der Waals surface area contributed by atoms with Crippen molar-refractivity contribution in [2.24, 2.45) is 5.92 Å². The lowest BCUT2D eigenvalue weighted by Crippen LogP contribution is -2.45. The summed E-state index contributed by atoms with van der Waals surface area (Å²) in [6, 6.07) is 11.2. The van der Waals surface area contributed by atoms with E-state index in [1.807, 2.05) is 0 Å². The van der Waals surface area contributed by atoms with Gasteiger partial charge in [-0.05, 0) is 49.2 Å². The van der Waals surface area contributed by atoms with Crippen molar-refractivity contribution in [1.82, 2.24) is 14.1 Å². The third-order valence-corrected chi connectivity index (χ3v) is 6.32. The number of aryl methyl sites for hydroxylation is 1. The lowest BCUT2D eigenvalue weighted by atomic mass is 10.1. The lowest BCUT2D eigenvalue weighted by molar-refractivity contribution is -0.148. The van der Waals surface area contributed by atoms with Crippen LogP contribution >= 0.6 is 0 Å². The second-order valence-corrected chi connectivity index (χ2v) is 9.29. The maximum Gasteiger partial charge on any atom is 0.324 e. The van der Waals surface area contributed by atoms with Gasteiger partial charge in [0.25, 0.3) is 5.56 Å². The molecule has 2 aromatic heterocycles. The summed E-state index contributed by atoms with van der Waals surface area (Å²) in [7, 11) is -2.49. The van der Waals surface area contributed by atoms with Crippen molar-refractivity contribution in [3.05, 3.63) is 70.3 Å². The predicted molar refractivity (Wildman–Crippen MR) is 118 cm³/mol. The molecule has 170 valence electrons. The summed E-state index contributed by atoms with van der Waals surface area (Å²) in [4.78, 5) is 29.4. The second-order valence-electron chi connectivity index (χ2n) is 7.57. The first-order valence-electron chi connectivity index (χ1n) is 9.93. The molecule has 0 aliphatic heterocycles. The van der Waals surface area contributed by atoms with Gasteiger partial charge in [0.1, 0.15) is 24.0 Å². The quantitative estimate of drug-likeness (QED) is 0.513. The molecule has 0 amide bonds. The van der Waals surface area contributed by atoms with Crippen molar-refractivity contribution in [3.8, 4) is 5.75 Å². The topological polar surface area (TPSA) is 116 Å². The van der Waals surface area contributed by atoms with E-state index in [1.165, 1.54) is 41.8 Å². The lowest BCUT2D eigenvalue weighted by Gasteiger charge is -2.21. The van der Waals surface area contributed by atoms with Crippen LogP contribution in [0.1, 0.15) is 25.2 Å².